The number of nitrogens with zero attached hydrogens (tertiary/aromatic N) is 3. The fourth-order valence-corrected chi connectivity index (χ4v) is 1.96. The molecule has 0 amide bonds. The van der Waals surface area contributed by atoms with Crippen LogP contribution < -0.4 is 5.73 Å². The van der Waals surface area contributed by atoms with Crippen molar-refractivity contribution in [3.8, 4) is 11.4 Å². The van der Waals surface area contributed by atoms with Crippen LogP contribution in [0.5, 0.6) is 0 Å². The van der Waals surface area contributed by atoms with Gasteiger partial charge in [0.15, 0.2) is 5.82 Å². The number of thioether (sulfide) groups is 1. The van der Waals surface area contributed by atoms with Crippen molar-refractivity contribution >= 4 is 17.4 Å². The smallest absolute Gasteiger partial charge is 0.181 e. The molecule has 1 aromatic heterocycles. The van der Waals surface area contributed by atoms with E-state index < -0.39 is 0 Å². The van der Waals surface area contributed by atoms with Crippen LogP contribution in [-0.4, -0.2) is 26.8 Å². The van der Waals surface area contributed by atoms with Gasteiger partial charge in [0.05, 0.1) is 0 Å². The average molecular weight is 248 g/mol. The Kier molecular flexibility index (Phi) is 4.03. The topological polar surface area (TPSA) is 56.7 Å². The molecule has 90 valence electrons. The Bertz CT molecular complexity index is 464. The largest absolute Gasteiger partial charge is 0.399 e. The third-order valence-electron chi connectivity index (χ3n) is 2.44. The van der Waals surface area contributed by atoms with Crippen molar-refractivity contribution in [3.63, 3.8) is 0 Å². The first-order valence-electron chi connectivity index (χ1n) is 5.54. The Balaban J connectivity index is 2.04. The molecule has 0 aliphatic heterocycles. The average Bonchev–Trinajstić information content (AvgIpc) is 2.79. The van der Waals surface area contributed by atoms with Crippen LogP contribution in [0.4, 0.5) is 5.69 Å². The van der Waals surface area contributed by atoms with Gasteiger partial charge in [-0.25, -0.2) is 4.98 Å². The number of nitrogen functional groups attached to an aromatic ring is 1. The third kappa shape index (κ3) is 3.23. The Morgan fingerprint density at radius 3 is 2.76 bits per heavy atom. The summed E-state index contributed by atoms with van der Waals surface area (Å²) in [6, 6.07) is 7.61. The summed E-state index contributed by atoms with van der Waals surface area (Å²) in [5.74, 6) is 1.91. The van der Waals surface area contributed by atoms with Gasteiger partial charge in [-0.15, -0.1) is 0 Å². The number of benzene rings is 1. The summed E-state index contributed by atoms with van der Waals surface area (Å²) in [5.41, 5.74) is 7.40. The first-order valence-corrected chi connectivity index (χ1v) is 6.93. The molecule has 0 saturated heterocycles. The number of hydrogen-bond donors (Lipinski definition) is 1. The monoisotopic (exact) mass is 248 g/mol. The van der Waals surface area contributed by atoms with Crippen LogP contribution in [-0.2, 0) is 6.54 Å². The molecule has 2 aromatic rings. The van der Waals surface area contributed by atoms with Gasteiger partial charge in [0.25, 0.3) is 0 Å². The molecule has 5 heteroatoms. The van der Waals surface area contributed by atoms with Gasteiger partial charge in [0.2, 0.25) is 0 Å². The molecule has 0 spiro atoms. The van der Waals surface area contributed by atoms with Crippen molar-refractivity contribution in [3.05, 3.63) is 30.6 Å². The SMILES string of the molecule is CSCCCn1cnc(-c2ccc(N)cc2)n1. The summed E-state index contributed by atoms with van der Waals surface area (Å²) in [6.07, 6.45) is 5.01. The highest BCUT2D eigenvalue weighted by Gasteiger charge is 2.03. The molecule has 17 heavy (non-hydrogen) atoms. The van der Waals surface area contributed by atoms with Crippen molar-refractivity contribution in [1.29, 1.82) is 0 Å². The van der Waals surface area contributed by atoms with Crippen molar-refractivity contribution < 1.29 is 0 Å². The first-order chi connectivity index (χ1) is 8.29. The molecule has 4 nitrogen and oxygen atoms in total. The molecule has 0 saturated carbocycles. The second-order valence-corrected chi connectivity index (χ2v) is 4.79. The number of aryl methyl sites for hydroxylation is 1. The predicted octanol–water partition coefficient (Wildman–Crippen LogP) is 2.28. The van der Waals surface area contributed by atoms with E-state index in [0.29, 0.717) is 0 Å². The van der Waals surface area contributed by atoms with E-state index in [-0.39, 0.29) is 0 Å². The lowest BCUT2D eigenvalue weighted by Gasteiger charge is -1.98. The fraction of sp³-hybridized carbons (Fsp3) is 0.333. The van der Waals surface area contributed by atoms with E-state index in [1.165, 1.54) is 0 Å². The summed E-state index contributed by atoms with van der Waals surface area (Å²) in [7, 11) is 0. The Morgan fingerprint density at radius 1 is 1.29 bits per heavy atom. The first kappa shape index (κ1) is 12.0. The lowest BCUT2D eigenvalue weighted by atomic mass is 10.2. The van der Waals surface area contributed by atoms with Crippen LogP contribution in [0.2, 0.25) is 0 Å². The Hall–Kier alpha value is -1.49. The summed E-state index contributed by atoms with van der Waals surface area (Å²) in [6.45, 7) is 0.919. The van der Waals surface area contributed by atoms with E-state index in [9.17, 15) is 0 Å². The molecule has 0 atom stereocenters. The van der Waals surface area contributed by atoms with Crippen LogP contribution in [0, 0.1) is 0 Å². The maximum Gasteiger partial charge on any atom is 0.181 e. The van der Waals surface area contributed by atoms with Gasteiger partial charge >= 0.3 is 0 Å². The predicted molar refractivity (Wildman–Crippen MR) is 72.9 cm³/mol. The zero-order valence-electron chi connectivity index (χ0n) is 9.84. The molecular weight excluding hydrogens is 232 g/mol. The molecule has 2 rings (SSSR count). The molecular formula is C12H16N4S. The van der Waals surface area contributed by atoms with E-state index >= 15 is 0 Å². The minimum absolute atomic E-state index is 0.758. The normalized spacial score (nSPS) is 10.6. The second kappa shape index (κ2) is 5.72. The second-order valence-electron chi connectivity index (χ2n) is 3.80. The molecule has 0 radical (unpaired) electrons. The van der Waals surface area contributed by atoms with Gasteiger partial charge < -0.3 is 5.73 Å². The Morgan fingerprint density at radius 2 is 2.06 bits per heavy atom. The zero-order valence-corrected chi connectivity index (χ0v) is 10.7. The van der Waals surface area contributed by atoms with Gasteiger partial charge in [-0.2, -0.15) is 16.9 Å². The van der Waals surface area contributed by atoms with Gasteiger partial charge in [-0.1, -0.05) is 0 Å². The summed E-state index contributed by atoms with van der Waals surface area (Å²) < 4.78 is 1.89. The van der Waals surface area contributed by atoms with E-state index in [0.717, 1.165) is 35.8 Å². The molecule has 0 aliphatic carbocycles. The number of rotatable bonds is 5. The van der Waals surface area contributed by atoms with Crippen LogP contribution in [0.15, 0.2) is 30.6 Å². The Labute approximate surface area is 105 Å². The molecule has 0 aliphatic rings. The van der Waals surface area contributed by atoms with E-state index in [1.807, 2.05) is 40.7 Å². The zero-order chi connectivity index (χ0) is 12.1. The molecule has 2 N–H and O–H groups in total. The number of aromatic nitrogens is 3. The van der Waals surface area contributed by atoms with E-state index in [1.54, 1.807) is 6.33 Å². The number of anilines is 1. The molecule has 0 unspecified atom stereocenters. The van der Waals surface area contributed by atoms with Crippen LogP contribution >= 0.6 is 11.8 Å². The lowest BCUT2D eigenvalue weighted by molar-refractivity contribution is 0.606. The third-order valence-corrected chi connectivity index (χ3v) is 3.14. The standard InChI is InChI=1S/C12H16N4S/c1-17-8-2-7-16-9-14-12(15-16)10-3-5-11(13)6-4-10/h3-6,9H,2,7-8,13H2,1H3. The number of nitrogens with two attached hydrogens (primary N) is 1. The van der Waals surface area contributed by atoms with E-state index in [2.05, 4.69) is 16.3 Å². The molecule has 0 bridgehead atoms. The van der Waals surface area contributed by atoms with Crippen molar-refractivity contribution in [1.82, 2.24) is 14.8 Å². The molecule has 1 heterocycles. The minimum Gasteiger partial charge on any atom is -0.399 e. The lowest BCUT2D eigenvalue weighted by Crippen LogP contribution is -1.99. The van der Waals surface area contributed by atoms with Gasteiger partial charge in [-0.05, 0) is 42.7 Å². The van der Waals surface area contributed by atoms with Gasteiger partial charge in [0, 0.05) is 17.8 Å². The minimum atomic E-state index is 0.758. The van der Waals surface area contributed by atoms with Crippen LogP contribution in [0.1, 0.15) is 6.42 Å². The van der Waals surface area contributed by atoms with Crippen LogP contribution in [0.25, 0.3) is 11.4 Å². The highest BCUT2D eigenvalue weighted by atomic mass is 32.2. The maximum atomic E-state index is 5.64. The highest BCUT2D eigenvalue weighted by molar-refractivity contribution is 7.98. The fourth-order valence-electron chi connectivity index (χ4n) is 1.54. The molecule has 1 aromatic carbocycles. The van der Waals surface area contributed by atoms with Gasteiger partial charge in [0.1, 0.15) is 6.33 Å². The van der Waals surface area contributed by atoms with Crippen LogP contribution in [0.3, 0.4) is 0 Å². The van der Waals surface area contributed by atoms with E-state index in [4.69, 9.17) is 5.73 Å². The summed E-state index contributed by atoms with van der Waals surface area (Å²) in [5, 5.41) is 4.44. The molecule has 0 fully saturated rings. The maximum absolute atomic E-state index is 5.64. The van der Waals surface area contributed by atoms with Crippen molar-refractivity contribution in [2.75, 3.05) is 17.7 Å². The highest BCUT2D eigenvalue weighted by Crippen LogP contribution is 2.15. The quantitative estimate of drug-likeness (QED) is 0.651. The number of hydrogen-bond acceptors (Lipinski definition) is 4. The summed E-state index contributed by atoms with van der Waals surface area (Å²) in [4.78, 5) is 4.30. The summed E-state index contributed by atoms with van der Waals surface area (Å²) >= 11 is 1.85. The van der Waals surface area contributed by atoms with Crippen molar-refractivity contribution in [2.45, 2.75) is 13.0 Å². The van der Waals surface area contributed by atoms with Crippen molar-refractivity contribution in [2.24, 2.45) is 0 Å². The van der Waals surface area contributed by atoms with Gasteiger partial charge in [-0.3, -0.25) is 4.68 Å².